The van der Waals surface area contributed by atoms with Crippen molar-refractivity contribution in [3.8, 4) is 0 Å². The van der Waals surface area contributed by atoms with E-state index in [-0.39, 0.29) is 5.91 Å². The van der Waals surface area contributed by atoms with Gasteiger partial charge in [-0.3, -0.25) is 4.79 Å². The molecule has 1 aromatic rings. The predicted molar refractivity (Wildman–Crippen MR) is 60.5 cm³/mol. The molecule has 1 fully saturated rings. The third-order valence-electron chi connectivity index (χ3n) is 2.89. The lowest BCUT2D eigenvalue weighted by Gasteiger charge is -2.25. The molecule has 2 rings (SSSR count). The molecule has 1 aliphatic rings. The summed E-state index contributed by atoms with van der Waals surface area (Å²) in [6.07, 6.45) is 1.12. The maximum atomic E-state index is 12.1. The van der Waals surface area contributed by atoms with E-state index in [9.17, 15) is 14.7 Å². The molecule has 1 aliphatic heterocycles. The molecule has 1 atom stereocenters. The van der Waals surface area contributed by atoms with Gasteiger partial charge < -0.3 is 14.8 Å². The zero-order chi connectivity index (χ0) is 12.4. The third kappa shape index (κ3) is 2.26. The van der Waals surface area contributed by atoms with Gasteiger partial charge >= 0.3 is 0 Å². The quantitative estimate of drug-likeness (QED) is 0.778. The average molecular weight is 253 g/mol. The first kappa shape index (κ1) is 11.9. The van der Waals surface area contributed by atoms with E-state index in [0.717, 1.165) is 0 Å². The first-order chi connectivity index (χ1) is 8.11. The minimum Gasteiger partial charge on any atom is -0.548 e. The fourth-order valence-electron chi connectivity index (χ4n) is 2.04. The van der Waals surface area contributed by atoms with Crippen molar-refractivity contribution in [2.75, 3.05) is 6.54 Å². The van der Waals surface area contributed by atoms with Crippen LogP contribution >= 0.6 is 11.6 Å². The van der Waals surface area contributed by atoms with E-state index < -0.39 is 12.0 Å². The van der Waals surface area contributed by atoms with Crippen LogP contribution in [0, 0.1) is 0 Å². The van der Waals surface area contributed by atoms with E-state index in [2.05, 4.69) is 0 Å². The summed E-state index contributed by atoms with van der Waals surface area (Å²) in [6.45, 7) is 0.433. The molecule has 0 bridgehead atoms. The minimum atomic E-state index is -1.21. The Morgan fingerprint density at radius 2 is 2.06 bits per heavy atom. The number of aliphatic carboxylic acids is 1. The first-order valence-electron chi connectivity index (χ1n) is 5.37. The van der Waals surface area contributed by atoms with E-state index in [1.54, 1.807) is 24.3 Å². The predicted octanol–water partition coefficient (Wildman–Crippen LogP) is 0.694. The Morgan fingerprint density at radius 3 is 2.71 bits per heavy atom. The van der Waals surface area contributed by atoms with Crippen LogP contribution in [0.3, 0.4) is 0 Å². The summed E-state index contributed by atoms with van der Waals surface area (Å²) in [5.74, 6) is -1.55. The molecule has 5 heteroatoms. The van der Waals surface area contributed by atoms with Crippen molar-refractivity contribution < 1.29 is 14.7 Å². The Labute approximate surface area is 104 Å². The molecule has 1 amide bonds. The fourth-order valence-corrected chi connectivity index (χ4v) is 2.26. The SMILES string of the molecule is O=C([O-])[C@@H]1CCCN1C(=O)c1ccccc1Cl. The zero-order valence-corrected chi connectivity index (χ0v) is 9.81. The number of benzene rings is 1. The molecular formula is C12H11ClNO3-. The number of carbonyl (C=O) groups is 2. The highest BCUT2D eigenvalue weighted by Gasteiger charge is 2.30. The number of amides is 1. The summed E-state index contributed by atoms with van der Waals surface area (Å²) in [5.41, 5.74) is 0.335. The molecule has 0 saturated carbocycles. The monoisotopic (exact) mass is 252 g/mol. The number of halogens is 1. The van der Waals surface area contributed by atoms with Crippen LogP contribution in [0.15, 0.2) is 24.3 Å². The zero-order valence-electron chi connectivity index (χ0n) is 9.06. The molecule has 4 nitrogen and oxygen atoms in total. The van der Waals surface area contributed by atoms with Crippen molar-refractivity contribution in [1.82, 2.24) is 4.90 Å². The number of nitrogens with zero attached hydrogens (tertiary/aromatic N) is 1. The third-order valence-corrected chi connectivity index (χ3v) is 3.22. The summed E-state index contributed by atoms with van der Waals surface area (Å²) in [5, 5.41) is 11.2. The molecule has 0 unspecified atom stereocenters. The molecule has 1 heterocycles. The number of rotatable bonds is 2. The van der Waals surface area contributed by atoms with E-state index in [0.29, 0.717) is 30.0 Å². The first-order valence-corrected chi connectivity index (χ1v) is 5.75. The lowest BCUT2D eigenvalue weighted by atomic mass is 10.1. The number of carbonyl (C=O) groups excluding carboxylic acids is 2. The van der Waals surface area contributed by atoms with Crippen molar-refractivity contribution in [3.63, 3.8) is 0 Å². The Balaban J connectivity index is 2.26. The van der Waals surface area contributed by atoms with Crippen molar-refractivity contribution >= 4 is 23.5 Å². The van der Waals surface area contributed by atoms with Crippen LogP contribution in [0.4, 0.5) is 0 Å². The summed E-state index contributed by atoms with van der Waals surface area (Å²) in [4.78, 5) is 24.3. The maximum Gasteiger partial charge on any atom is 0.255 e. The second-order valence-electron chi connectivity index (χ2n) is 3.96. The molecule has 90 valence electrons. The highest BCUT2D eigenvalue weighted by Crippen LogP contribution is 2.23. The van der Waals surface area contributed by atoms with Gasteiger partial charge in [-0.05, 0) is 25.0 Å². The van der Waals surface area contributed by atoms with Crippen LogP contribution in [-0.2, 0) is 4.79 Å². The highest BCUT2D eigenvalue weighted by molar-refractivity contribution is 6.33. The molecule has 1 saturated heterocycles. The van der Waals surface area contributed by atoms with Gasteiger partial charge in [0, 0.05) is 6.54 Å². The minimum absolute atomic E-state index is 0.335. The van der Waals surface area contributed by atoms with Gasteiger partial charge in [-0.25, -0.2) is 0 Å². The Bertz CT molecular complexity index is 461. The van der Waals surface area contributed by atoms with Crippen LogP contribution in [-0.4, -0.2) is 29.4 Å². The van der Waals surface area contributed by atoms with Gasteiger partial charge in [0.15, 0.2) is 0 Å². The topological polar surface area (TPSA) is 60.4 Å². The van der Waals surface area contributed by atoms with E-state index in [1.807, 2.05) is 0 Å². The summed E-state index contributed by atoms with van der Waals surface area (Å²) >= 11 is 5.91. The number of carboxylic acid groups (broad SMARTS) is 1. The molecule has 0 spiro atoms. The molecule has 0 radical (unpaired) electrons. The molecular weight excluding hydrogens is 242 g/mol. The number of carboxylic acids is 1. The number of hydrogen-bond donors (Lipinski definition) is 0. The van der Waals surface area contributed by atoms with Gasteiger partial charge in [-0.1, -0.05) is 23.7 Å². The largest absolute Gasteiger partial charge is 0.548 e. The van der Waals surface area contributed by atoms with Crippen molar-refractivity contribution in [3.05, 3.63) is 34.9 Å². The second-order valence-corrected chi connectivity index (χ2v) is 4.36. The Kier molecular flexibility index (Phi) is 3.33. The lowest BCUT2D eigenvalue weighted by Crippen LogP contribution is -2.47. The van der Waals surface area contributed by atoms with E-state index >= 15 is 0 Å². The van der Waals surface area contributed by atoms with Gasteiger partial charge in [0.25, 0.3) is 5.91 Å². The van der Waals surface area contributed by atoms with Crippen molar-refractivity contribution in [2.24, 2.45) is 0 Å². The molecule has 0 aromatic heterocycles. The molecule has 17 heavy (non-hydrogen) atoms. The lowest BCUT2D eigenvalue weighted by molar-refractivity contribution is -0.310. The van der Waals surface area contributed by atoms with E-state index in [4.69, 9.17) is 11.6 Å². The smallest absolute Gasteiger partial charge is 0.255 e. The van der Waals surface area contributed by atoms with E-state index in [1.165, 1.54) is 4.90 Å². The standard InChI is InChI=1S/C12H12ClNO3/c13-9-5-2-1-4-8(9)11(15)14-7-3-6-10(14)12(16)17/h1-2,4-5,10H,3,6-7H2,(H,16,17)/p-1/t10-/m0/s1. The molecule has 0 aliphatic carbocycles. The highest BCUT2D eigenvalue weighted by atomic mass is 35.5. The van der Waals surface area contributed by atoms with Crippen LogP contribution < -0.4 is 5.11 Å². The Hall–Kier alpha value is -1.55. The van der Waals surface area contributed by atoms with Gasteiger partial charge in [-0.2, -0.15) is 0 Å². The molecule has 0 N–H and O–H groups in total. The number of hydrogen-bond acceptors (Lipinski definition) is 3. The van der Waals surface area contributed by atoms with Gasteiger partial charge in [0.2, 0.25) is 0 Å². The van der Waals surface area contributed by atoms with Gasteiger partial charge in [0.1, 0.15) is 0 Å². The fraction of sp³-hybridized carbons (Fsp3) is 0.333. The van der Waals surface area contributed by atoms with Crippen LogP contribution in [0.5, 0.6) is 0 Å². The maximum absolute atomic E-state index is 12.1. The number of likely N-dealkylation sites (tertiary alicyclic amines) is 1. The molecule has 1 aromatic carbocycles. The van der Waals surface area contributed by atoms with Crippen LogP contribution in [0.2, 0.25) is 5.02 Å². The Morgan fingerprint density at radius 1 is 1.35 bits per heavy atom. The summed E-state index contributed by atoms with van der Waals surface area (Å²) in [6, 6.07) is 5.79. The second kappa shape index (κ2) is 4.75. The average Bonchev–Trinajstić information content (AvgIpc) is 2.77. The summed E-state index contributed by atoms with van der Waals surface area (Å²) < 4.78 is 0. The normalized spacial score (nSPS) is 19.4. The summed E-state index contributed by atoms with van der Waals surface area (Å²) in [7, 11) is 0. The van der Waals surface area contributed by atoms with Crippen molar-refractivity contribution in [2.45, 2.75) is 18.9 Å². The van der Waals surface area contributed by atoms with Gasteiger partial charge in [-0.15, -0.1) is 0 Å². The van der Waals surface area contributed by atoms with Gasteiger partial charge in [0.05, 0.1) is 22.6 Å². The van der Waals surface area contributed by atoms with Crippen molar-refractivity contribution in [1.29, 1.82) is 0 Å². The van der Waals surface area contributed by atoms with Crippen LogP contribution in [0.25, 0.3) is 0 Å². The van der Waals surface area contributed by atoms with Crippen LogP contribution in [0.1, 0.15) is 23.2 Å².